The van der Waals surface area contributed by atoms with E-state index in [-0.39, 0.29) is 44.9 Å². The van der Waals surface area contributed by atoms with E-state index in [1.54, 1.807) is 6.07 Å². The molecule has 0 radical (unpaired) electrons. The maximum Gasteiger partial charge on any atom is 0.335 e. The SMILES string of the molecule is O=C(O)c1cc(C(=O)O)cc(-c2ccc(/C=C3/SC(=O)N(CCc4ccccc4)C3=O)o2)c1. The van der Waals surface area contributed by atoms with Crippen molar-refractivity contribution in [2.75, 3.05) is 6.54 Å². The molecule has 0 spiro atoms. The van der Waals surface area contributed by atoms with Crippen molar-refractivity contribution >= 4 is 40.9 Å². The van der Waals surface area contributed by atoms with E-state index in [1.165, 1.54) is 29.2 Å². The Morgan fingerprint density at radius 1 is 0.939 bits per heavy atom. The predicted molar refractivity (Wildman–Crippen MR) is 121 cm³/mol. The molecule has 166 valence electrons. The number of carbonyl (C=O) groups is 4. The Kier molecular flexibility index (Phi) is 6.14. The lowest BCUT2D eigenvalue weighted by Gasteiger charge is -2.11. The molecule has 1 aliphatic heterocycles. The molecule has 33 heavy (non-hydrogen) atoms. The van der Waals surface area contributed by atoms with Gasteiger partial charge in [-0.3, -0.25) is 14.5 Å². The van der Waals surface area contributed by atoms with Crippen LogP contribution in [-0.4, -0.2) is 44.7 Å². The molecule has 9 heteroatoms. The van der Waals surface area contributed by atoms with E-state index in [2.05, 4.69) is 0 Å². The van der Waals surface area contributed by atoms with Crippen molar-refractivity contribution in [3.63, 3.8) is 0 Å². The molecule has 2 heterocycles. The summed E-state index contributed by atoms with van der Waals surface area (Å²) in [5, 5.41) is 18.1. The summed E-state index contributed by atoms with van der Waals surface area (Å²) in [5.74, 6) is -2.45. The minimum absolute atomic E-state index is 0.192. The Labute approximate surface area is 192 Å². The number of thioether (sulfide) groups is 1. The van der Waals surface area contributed by atoms with E-state index >= 15 is 0 Å². The Hall–Kier alpha value is -4.11. The average molecular weight is 463 g/mol. The van der Waals surface area contributed by atoms with E-state index in [1.807, 2.05) is 30.3 Å². The van der Waals surface area contributed by atoms with Crippen LogP contribution in [0.3, 0.4) is 0 Å². The van der Waals surface area contributed by atoms with Gasteiger partial charge in [-0.15, -0.1) is 0 Å². The van der Waals surface area contributed by atoms with E-state index < -0.39 is 17.8 Å². The van der Waals surface area contributed by atoms with Crippen LogP contribution < -0.4 is 0 Å². The fraction of sp³-hybridized carbons (Fsp3) is 0.0833. The van der Waals surface area contributed by atoms with Gasteiger partial charge in [-0.05, 0) is 54.1 Å². The number of hydrogen-bond acceptors (Lipinski definition) is 6. The van der Waals surface area contributed by atoms with E-state index in [0.717, 1.165) is 23.4 Å². The first kappa shape index (κ1) is 22.1. The lowest BCUT2D eigenvalue weighted by Crippen LogP contribution is -2.30. The second-order valence-electron chi connectivity index (χ2n) is 7.18. The van der Waals surface area contributed by atoms with Crippen molar-refractivity contribution in [3.05, 3.63) is 88.0 Å². The van der Waals surface area contributed by atoms with Crippen molar-refractivity contribution < 1.29 is 33.8 Å². The zero-order valence-corrected chi connectivity index (χ0v) is 17.9. The van der Waals surface area contributed by atoms with Crippen LogP contribution in [0.5, 0.6) is 0 Å². The number of amides is 2. The predicted octanol–water partition coefficient (Wildman–Crippen LogP) is 4.62. The third-order valence-corrected chi connectivity index (χ3v) is 5.86. The number of imide groups is 1. The highest BCUT2D eigenvalue weighted by Crippen LogP contribution is 2.33. The molecule has 1 aliphatic rings. The molecule has 4 rings (SSSR count). The first-order valence-corrected chi connectivity index (χ1v) is 10.6. The maximum atomic E-state index is 12.7. The summed E-state index contributed by atoms with van der Waals surface area (Å²) in [6.07, 6.45) is 1.99. The molecule has 2 N–H and O–H groups in total. The first-order valence-electron chi connectivity index (χ1n) is 9.83. The topological polar surface area (TPSA) is 125 Å². The van der Waals surface area contributed by atoms with Crippen LogP contribution in [0.25, 0.3) is 17.4 Å². The zero-order valence-electron chi connectivity index (χ0n) is 17.1. The molecule has 0 bridgehead atoms. The highest BCUT2D eigenvalue weighted by Gasteiger charge is 2.34. The van der Waals surface area contributed by atoms with Gasteiger partial charge in [-0.25, -0.2) is 9.59 Å². The third kappa shape index (κ3) is 4.88. The molecule has 0 aliphatic carbocycles. The van der Waals surface area contributed by atoms with Crippen molar-refractivity contribution in [2.45, 2.75) is 6.42 Å². The fourth-order valence-electron chi connectivity index (χ4n) is 3.31. The molecule has 0 unspecified atom stereocenters. The van der Waals surface area contributed by atoms with E-state index in [0.29, 0.717) is 6.42 Å². The molecular formula is C24H17NO7S. The molecule has 0 atom stereocenters. The minimum atomic E-state index is -1.27. The van der Waals surface area contributed by atoms with Gasteiger partial charge in [-0.2, -0.15) is 0 Å². The number of benzene rings is 2. The van der Waals surface area contributed by atoms with Crippen molar-refractivity contribution in [3.8, 4) is 11.3 Å². The number of carboxylic acid groups (broad SMARTS) is 2. The second-order valence-corrected chi connectivity index (χ2v) is 8.17. The monoisotopic (exact) mass is 463 g/mol. The summed E-state index contributed by atoms with van der Waals surface area (Å²) in [4.78, 5) is 49.1. The molecule has 8 nitrogen and oxygen atoms in total. The molecule has 2 amide bonds. The lowest BCUT2D eigenvalue weighted by molar-refractivity contribution is -0.122. The summed E-state index contributed by atoms with van der Waals surface area (Å²) in [6, 6.07) is 16.3. The Morgan fingerprint density at radius 3 is 2.24 bits per heavy atom. The maximum absolute atomic E-state index is 12.7. The third-order valence-electron chi connectivity index (χ3n) is 4.95. The number of rotatable bonds is 7. The summed E-state index contributed by atoms with van der Waals surface area (Å²) < 4.78 is 5.69. The first-order chi connectivity index (χ1) is 15.8. The summed E-state index contributed by atoms with van der Waals surface area (Å²) in [5.41, 5.74) is 0.896. The Bertz CT molecular complexity index is 1260. The average Bonchev–Trinajstić information content (AvgIpc) is 3.37. The van der Waals surface area contributed by atoms with Gasteiger partial charge in [0.2, 0.25) is 0 Å². The van der Waals surface area contributed by atoms with E-state index in [4.69, 9.17) is 4.42 Å². The molecule has 1 fully saturated rings. The van der Waals surface area contributed by atoms with Crippen LogP contribution in [0.15, 0.2) is 70.0 Å². The molecular weight excluding hydrogens is 446 g/mol. The lowest BCUT2D eigenvalue weighted by atomic mass is 10.0. The van der Waals surface area contributed by atoms with Gasteiger partial charge in [0.1, 0.15) is 11.5 Å². The number of furan rings is 1. The highest BCUT2D eigenvalue weighted by atomic mass is 32.2. The summed E-state index contributed by atoms with van der Waals surface area (Å²) in [6.45, 7) is 0.259. The van der Waals surface area contributed by atoms with Crippen LogP contribution in [0.4, 0.5) is 4.79 Å². The number of carboxylic acids is 2. The van der Waals surface area contributed by atoms with E-state index in [9.17, 15) is 29.4 Å². The van der Waals surface area contributed by atoms with Gasteiger partial charge in [0.15, 0.2) is 0 Å². The summed E-state index contributed by atoms with van der Waals surface area (Å²) >= 11 is 0.813. The Balaban J connectivity index is 1.54. The minimum Gasteiger partial charge on any atom is -0.478 e. The summed E-state index contributed by atoms with van der Waals surface area (Å²) in [7, 11) is 0. The van der Waals surface area contributed by atoms with Gasteiger partial charge in [-0.1, -0.05) is 30.3 Å². The van der Waals surface area contributed by atoms with Crippen molar-refractivity contribution in [1.29, 1.82) is 0 Å². The Morgan fingerprint density at radius 2 is 1.61 bits per heavy atom. The zero-order chi connectivity index (χ0) is 23.5. The normalized spacial score (nSPS) is 14.8. The van der Waals surface area contributed by atoms with Crippen LogP contribution in [0.2, 0.25) is 0 Å². The van der Waals surface area contributed by atoms with Crippen molar-refractivity contribution in [1.82, 2.24) is 4.90 Å². The van der Waals surface area contributed by atoms with Crippen LogP contribution in [-0.2, 0) is 11.2 Å². The van der Waals surface area contributed by atoms with Gasteiger partial charge >= 0.3 is 11.9 Å². The number of aromatic carboxylic acids is 2. The van der Waals surface area contributed by atoms with Crippen LogP contribution in [0, 0.1) is 0 Å². The molecule has 1 aromatic heterocycles. The number of nitrogens with zero attached hydrogens (tertiary/aromatic N) is 1. The highest BCUT2D eigenvalue weighted by molar-refractivity contribution is 8.18. The molecule has 2 aromatic carbocycles. The number of hydrogen-bond donors (Lipinski definition) is 2. The van der Waals surface area contributed by atoms with Crippen LogP contribution in [0.1, 0.15) is 32.0 Å². The van der Waals surface area contributed by atoms with Crippen LogP contribution >= 0.6 is 11.8 Å². The van der Waals surface area contributed by atoms with Gasteiger partial charge in [0, 0.05) is 18.2 Å². The quantitative estimate of drug-likeness (QED) is 0.486. The van der Waals surface area contributed by atoms with Crippen molar-refractivity contribution in [2.24, 2.45) is 0 Å². The number of carbonyl (C=O) groups excluding carboxylic acids is 2. The van der Waals surface area contributed by atoms with Gasteiger partial charge in [0.05, 0.1) is 16.0 Å². The standard InChI is InChI=1S/C24H17NO7S/c26-21-20(33-24(31)25(21)9-8-14-4-2-1-3-5-14)13-18-6-7-19(32-18)15-10-16(22(27)28)12-17(11-15)23(29)30/h1-7,10-13H,8-9H2,(H,27,28)(H,29,30)/b20-13+. The van der Waals surface area contributed by atoms with Gasteiger partial charge < -0.3 is 14.6 Å². The molecule has 1 saturated heterocycles. The largest absolute Gasteiger partial charge is 0.478 e. The fourth-order valence-corrected chi connectivity index (χ4v) is 4.16. The smallest absolute Gasteiger partial charge is 0.335 e. The molecule has 3 aromatic rings. The second kappa shape index (κ2) is 9.17. The molecule has 0 saturated carbocycles. The van der Waals surface area contributed by atoms with Gasteiger partial charge in [0.25, 0.3) is 11.1 Å².